The van der Waals surface area contributed by atoms with Crippen LogP contribution >= 0.6 is 0 Å². The molecule has 1 aliphatic rings. The maximum absolute atomic E-state index is 11.7. The number of rotatable bonds is 4. The Labute approximate surface area is 111 Å². The topological polar surface area (TPSA) is 66.5 Å². The lowest BCUT2D eigenvalue weighted by Crippen LogP contribution is -2.52. The Bertz CT molecular complexity index is 496. The Morgan fingerprint density at radius 2 is 2.00 bits per heavy atom. The molecule has 5 nitrogen and oxygen atoms in total. The molecule has 0 aliphatic carbocycles. The van der Waals surface area contributed by atoms with E-state index in [-0.39, 0.29) is 5.92 Å². The van der Waals surface area contributed by atoms with E-state index >= 15 is 0 Å². The van der Waals surface area contributed by atoms with E-state index in [1.165, 1.54) is 4.90 Å². The maximum atomic E-state index is 11.7. The first-order valence-electron chi connectivity index (χ1n) is 6.26. The van der Waals surface area contributed by atoms with Gasteiger partial charge in [0.1, 0.15) is 6.29 Å². The van der Waals surface area contributed by atoms with Crippen molar-refractivity contribution < 1.29 is 14.4 Å². The van der Waals surface area contributed by atoms with Crippen molar-refractivity contribution in [2.75, 3.05) is 18.0 Å². The lowest BCUT2D eigenvalue weighted by Gasteiger charge is -2.26. The van der Waals surface area contributed by atoms with Crippen molar-refractivity contribution in [1.82, 2.24) is 5.32 Å². The Morgan fingerprint density at radius 1 is 1.32 bits per heavy atom. The van der Waals surface area contributed by atoms with Crippen LogP contribution < -0.4 is 10.2 Å². The minimum absolute atomic E-state index is 0.159. The number of amides is 2. The SMILES string of the molecule is CC(CC=O)c1ccc(N2CCNC(=O)C2=O)cc1. The lowest BCUT2D eigenvalue weighted by molar-refractivity contribution is -0.138. The van der Waals surface area contributed by atoms with Gasteiger partial charge < -0.3 is 15.0 Å². The number of hydrogen-bond acceptors (Lipinski definition) is 3. The van der Waals surface area contributed by atoms with Crippen LogP contribution in [-0.4, -0.2) is 31.2 Å². The van der Waals surface area contributed by atoms with E-state index in [9.17, 15) is 14.4 Å². The number of benzene rings is 1. The van der Waals surface area contributed by atoms with E-state index in [1.54, 1.807) is 0 Å². The average molecular weight is 260 g/mol. The van der Waals surface area contributed by atoms with Crippen molar-refractivity contribution in [2.45, 2.75) is 19.3 Å². The molecule has 0 aromatic heterocycles. The summed E-state index contributed by atoms with van der Waals surface area (Å²) in [5.74, 6) is -0.934. The monoisotopic (exact) mass is 260 g/mol. The smallest absolute Gasteiger partial charge is 0.316 e. The Morgan fingerprint density at radius 3 is 2.63 bits per heavy atom. The van der Waals surface area contributed by atoms with Gasteiger partial charge in [0.2, 0.25) is 0 Å². The van der Waals surface area contributed by atoms with Crippen LogP contribution in [0.2, 0.25) is 0 Å². The minimum Gasteiger partial charge on any atom is -0.346 e. The molecule has 1 unspecified atom stereocenters. The zero-order valence-electron chi connectivity index (χ0n) is 10.8. The fraction of sp³-hybridized carbons (Fsp3) is 0.357. The molecule has 2 rings (SSSR count). The van der Waals surface area contributed by atoms with Crippen molar-refractivity contribution >= 4 is 23.8 Å². The van der Waals surface area contributed by atoms with Crippen molar-refractivity contribution in [3.8, 4) is 0 Å². The lowest BCUT2D eigenvalue weighted by atomic mass is 9.98. The predicted octanol–water partition coefficient (Wildman–Crippen LogP) is 0.842. The van der Waals surface area contributed by atoms with Gasteiger partial charge in [0.15, 0.2) is 0 Å². The zero-order valence-corrected chi connectivity index (χ0v) is 10.8. The molecule has 0 saturated carbocycles. The van der Waals surface area contributed by atoms with Gasteiger partial charge in [-0.15, -0.1) is 0 Å². The van der Waals surface area contributed by atoms with Crippen LogP contribution in [0, 0.1) is 0 Å². The summed E-state index contributed by atoms with van der Waals surface area (Å²) in [6.07, 6.45) is 1.38. The van der Waals surface area contributed by atoms with E-state index in [4.69, 9.17) is 0 Å². The van der Waals surface area contributed by atoms with Gasteiger partial charge in [0.25, 0.3) is 0 Å². The third kappa shape index (κ3) is 2.81. The molecule has 1 aliphatic heterocycles. The zero-order chi connectivity index (χ0) is 13.8. The third-order valence-electron chi connectivity index (χ3n) is 3.28. The van der Waals surface area contributed by atoms with E-state index in [0.29, 0.717) is 25.2 Å². The molecular formula is C14H16N2O3. The number of nitrogens with one attached hydrogen (secondary N) is 1. The number of aldehydes is 1. The number of piperazine rings is 1. The van der Waals surface area contributed by atoms with Crippen LogP contribution in [0.15, 0.2) is 24.3 Å². The van der Waals surface area contributed by atoms with Crippen LogP contribution in [0.3, 0.4) is 0 Å². The molecule has 1 aromatic rings. The number of carbonyl (C=O) groups excluding carboxylic acids is 3. The fourth-order valence-electron chi connectivity index (χ4n) is 2.09. The number of hydrogen-bond donors (Lipinski definition) is 1. The van der Waals surface area contributed by atoms with Crippen LogP contribution in [0.5, 0.6) is 0 Å². The molecule has 1 aromatic carbocycles. The molecule has 0 bridgehead atoms. The van der Waals surface area contributed by atoms with E-state index in [2.05, 4.69) is 5.32 Å². The van der Waals surface area contributed by atoms with E-state index < -0.39 is 11.8 Å². The summed E-state index contributed by atoms with van der Waals surface area (Å²) in [7, 11) is 0. The molecule has 0 spiro atoms. The van der Waals surface area contributed by atoms with Crippen molar-refractivity contribution in [1.29, 1.82) is 0 Å². The van der Waals surface area contributed by atoms with Crippen LogP contribution in [-0.2, 0) is 14.4 Å². The molecule has 2 amide bonds. The highest BCUT2D eigenvalue weighted by atomic mass is 16.2. The summed E-state index contributed by atoms with van der Waals surface area (Å²) in [5.41, 5.74) is 1.76. The summed E-state index contributed by atoms with van der Waals surface area (Å²) in [5, 5.41) is 2.51. The maximum Gasteiger partial charge on any atom is 0.316 e. The molecule has 5 heteroatoms. The summed E-state index contributed by atoms with van der Waals surface area (Å²) >= 11 is 0. The Hall–Kier alpha value is -2.17. The summed E-state index contributed by atoms with van der Waals surface area (Å²) in [4.78, 5) is 35.0. The summed E-state index contributed by atoms with van der Waals surface area (Å²) < 4.78 is 0. The molecule has 1 atom stereocenters. The molecule has 0 radical (unpaired) electrons. The Kier molecular flexibility index (Phi) is 3.94. The Balaban J connectivity index is 2.16. The summed E-state index contributed by atoms with van der Waals surface area (Å²) in [6.45, 7) is 2.92. The predicted molar refractivity (Wildman–Crippen MR) is 70.9 cm³/mol. The minimum atomic E-state index is -0.565. The molecule has 1 fully saturated rings. The largest absolute Gasteiger partial charge is 0.346 e. The van der Waals surface area contributed by atoms with Gasteiger partial charge in [-0.1, -0.05) is 19.1 Å². The fourth-order valence-corrected chi connectivity index (χ4v) is 2.09. The third-order valence-corrected chi connectivity index (χ3v) is 3.28. The number of carbonyl (C=O) groups is 3. The van der Waals surface area contributed by atoms with Crippen molar-refractivity contribution in [2.24, 2.45) is 0 Å². The first-order chi connectivity index (χ1) is 9.13. The second-order valence-corrected chi connectivity index (χ2v) is 4.61. The normalized spacial score (nSPS) is 17.0. The highest BCUT2D eigenvalue weighted by molar-refractivity contribution is 6.41. The molecule has 19 heavy (non-hydrogen) atoms. The molecule has 1 saturated heterocycles. The molecule has 1 N–H and O–H groups in total. The van der Waals surface area contributed by atoms with Crippen LogP contribution in [0.1, 0.15) is 24.8 Å². The van der Waals surface area contributed by atoms with Gasteiger partial charge in [0.05, 0.1) is 0 Å². The van der Waals surface area contributed by atoms with Gasteiger partial charge in [-0.2, -0.15) is 0 Å². The van der Waals surface area contributed by atoms with E-state index in [1.807, 2.05) is 31.2 Å². The number of nitrogens with zero attached hydrogens (tertiary/aromatic N) is 1. The quantitative estimate of drug-likeness (QED) is 0.644. The highest BCUT2D eigenvalue weighted by Gasteiger charge is 2.27. The van der Waals surface area contributed by atoms with Crippen molar-refractivity contribution in [3.05, 3.63) is 29.8 Å². The molecule has 100 valence electrons. The van der Waals surface area contributed by atoms with Gasteiger partial charge in [-0.05, 0) is 23.6 Å². The first kappa shape index (κ1) is 13.3. The second kappa shape index (κ2) is 5.65. The number of anilines is 1. The second-order valence-electron chi connectivity index (χ2n) is 4.61. The van der Waals surface area contributed by atoms with Crippen molar-refractivity contribution in [3.63, 3.8) is 0 Å². The average Bonchev–Trinajstić information content (AvgIpc) is 2.42. The van der Waals surface area contributed by atoms with E-state index in [0.717, 1.165) is 11.8 Å². The first-order valence-corrected chi connectivity index (χ1v) is 6.26. The van der Waals surface area contributed by atoms with Gasteiger partial charge in [-0.3, -0.25) is 9.59 Å². The highest BCUT2D eigenvalue weighted by Crippen LogP contribution is 2.22. The standard InChI is InChI=1S/C14H16N2O3/c1-10(6-9-17)11-2-4-12(5-3-11)16-8-7-15-13(18)14(16)19/h2-5,9-10H,6-8H2,1H3,(H,15,18). The van der Waals surface area contributed by atoms with Gasteiger partial charge in [-0.25, -0.2) is 0 Å². The van der Waals surface area contributed by atoms with Gasteiger partial charge in [0, 0.05) is 25.2 Å². The van der Waals surface area contributed by atoms with Crippen LogP contribution in [0.4, 0.5) is 5.69 Å². The van der Waals surface area contributed by atoms with Crippen LogP contribution in [0.25, 0.3) is 0 Å². The molecule has 1 heterocycles. The van der Waals surface area contributed by atoms with Gasteiger partial charge >= 0.3 is 11.8 Å². The molecular weight excluding hydrogens is 244 g/mol. The summed E-state index contributed by atoms with van der Waals surface area (Å²) in [6, 6.07) is 7.41.